The van der Waals surface area contributed by atoms with E-state index in [1.165, 1.54) is 11.3 Å². The third-order valence-corrected chi connectivity index (χ3v) is 15.4. The van der Waals surface area contributed by atoms with Gasteiger partial charge >= 0.3 is 0 Å². The predicted molar refractivity (Wildman–Crippen MR) is 223 cm³/mol. The fourth-order valence-corrected chi connectivity index (χ4v) is 11.7. The topological polar surface area (TPSA) is 75.9 Å². The number of ether oxygens (including phenoxy) is 1. The van der Waals surface area contributed by atoms with Crippen LogP contribution in [-0.4, -0.2) is 85.6 Å². The molecule has 0 bridgehead atoms. The van der Waals surface area contributed by atoms with Gasteiger partial charge in [0.25, 0.3) is 0 Å². The lowest BCUT2D eigenvalue weighted by Gasteiger charge is -2.47. The molecule has 7 nitrogen and oxygen atoms in total. The molecule has 2 unspecified atom stereocenters. The van der Waals surface area contributed by atoms with Crippen LogP contribution in [0.2, 0.25) is 18.6 Å². The summed E-state index contributed by atoms with van der Waals surface area (Å²) in [5.41, 5.74) is 9.48. The number of allylic oxidation sites excluding steroid dienone is 9. The van der Waals surface area contributed by atoms with Gasteiger partial charge in [0.2, 0.25) is 0 Å². The third kappa shape index (κ3) is 7.74. The number of hydrogen-bond donors (Lipinski definition) is 0. The molecular weight excluding hydrogens is 695 g/mol. The van der Waals surface area contributed by atoms with Crippen LogP contribution in [0.1, 0.15) is 27.8 Å². The van der Waals surface area contributed by atoms with Crippen LogP contribution in [0.25, 0.3) is 29.9 Å². The Bertz CT molecular complexity index is 2300. The summed E-state index contributed by atoms with van der Waals surface area (Å²) in [4.78, 5) is 3.96. The molecule has 1 heterocycles. The normalized spacial score (nSPS) is 19.2. The van der Waals surface area contributed by atoms with Crippen LogP contribution >= 0.6 is 0 Å². The SMILES string of the molecule is COc1cc(N(C)C)ccc1/C=C/c1ccc(/C=C/c2ccc(C3=C4C=CC(=[N+](C)C)C=C4[Si](C)(C)C4C=C(N(C)C)C=CC34)c(S(=O)(=O)[O-])c2)cc1. The first-order valence-electron chi connectivity index (χ1n) is 17.8. The molecule has 2 atom stereocenters. The van der Waals surface area contributed by atoms with E-state index in [9.17, 15) is 13.0 Å². The molecule has 3 aromatic carbocycles. The van der Waals surface area contributed by atoms with Gasteiger partial charge in [-0.25, -0.2) is 13.0 Å². The first kappa shape index (κ1) is 37.8. The molecule has 3 aliphatic rings. The number of anilines is 1. The molecule has 0 radical (unpaired) electrons. The van der Waals surface area contributed by atoms with E-state index in [1.54, 1.807) is 7.11 Å². The fraction of sp³-hybridized carbons (Fsp3) is 0.250. The van der Waals surface area contributed by atoms with Gasteiger partial charge in [0.15, 0.2) is 5.71 Å². The smallest absolute Gasteiger partial charge is 0.199 e. The van der Waals surface area contributed by atoms with E-state index in [4.69, 9.17) is 4.74 Å². The van der Waals surface area contributed by atoms with Crippen molar-refractivity contribution in [3.05, 3.63) is 141 Å². The van der Waals surface area contributed by atoms with Crippen molar-refractivity contribution in [1.29, 1.82) is 0 Å². The van der Waals surface area contributed by atoms with Crippen LogP contribution in [0.4, 0.5) is 5.69 Å². The van der Waals surface area contributed by atoms with Gasteiger partial charge in [-0.2, -0.15) is 0 Å². The van der Waals surface area contributed by atoms with Crippen molar-refractivity contribution in [2.24, 2.45) is 5.92 Å². The Morgan fingerprint density at radius 2 is 1.45 bits per heavy atom. The Morgan fingerprint density at radius 3 is 2.06 bits per heavy atom. The lowest BCUT2D eigenvalue weighted by molar-refractivity contribution is -0.462. The minimum atomic E-state index is -4.82. The zero-order chi connectivity index (χ0) is 38.2. The van der Waals surface area contributed by atoms with E-state index in [1.807, 2.05) is 120 Å². The van der Waals surface area contributed by atoms with Gasteiger partial charge in [0, 0.05) is 69.3 Å². The summed E-state index contributed by atoms with van der Waals surface area (Å²) in [6.07, 6.45) is 21.0. The highest BCUT2D eigenvalue weighted by Gasteiger charge is 2.48. The van der Waals surface area contributed by atoms with Crippen molar-refractivity contribution in [3.63, 3.8) is 0 Å². The predicted octanol–water partition coefficient (Wildman–Crippen LogP) is 8.23. The highest BCUT2D eigenvalue weighted by atomic mass is 32.2. The van der Waals surface area contributed by atoms with Crippen LogP contribution in [0, 0.1) is 5.92 Å². The molecule has 0 amide bonds. The zero-order valence-electron chi connectivity index (χ0n) is 32.1. The molecule has 0 saturated heterocycles. The molecule has 0 saturated carbocycles. The maximum absolute atomic E-state index is 13.1. The standard InChI is InChI=1S/C44H49N3O4SSi/c1-45(2)34-20-19-33(40(27-34)51-7)18-16-31-12-10-30(11-13-31)14-15-32-17-23-37(41(26-32)52(48,49)50)44-38-24-21-35(46(3)4)28-42(38)53(8,9)43-29-36(47(5)6)22-25-39(43)44/h10-29,38,42H,1-9H3. The summed E-state index contributed by atoms with van der Waals surface area (Å²) >= 11 is 0. The van der Waals surface area contributed by atoms with Gasteiger partial charge in [-0.15, -0.1) is 0 Å². The monoisotopic (exact) mass is 743 g/mol. The van der Waals surface area contributed by atoms with E-state index < -0.39 is 18.2 Å². The van der Waals surface area contributed by atoms with Gasteiger partial charge in [-0.3, -0.25) is 0 Å². The molecule has 0 fully saturated rings. The van der Waals surface area contributed by atoms with Crippen LogP contribution in [0.3, 0.4) is 0 Å². The van der Waals surface area contributed by atoms with Crippen molar-refractivity contribution in [2.45, 2.75) is 23.5 Å². The number of methoxy groups -OCH3 is 1. The summed E-state index contributed by atoms with van der Waals surface area (Å²) in [5.74, 6) is 0.740. The molecule has 9 heteroatoms. The third-order valence-electron chi connectivity index (χ3n) is 10.6. The van der Waals surface area contributed by atoms with Crippen LogP contribution in [0.5, 0.6) is 5.75 Å². The number of rotatable bonds is 9. The minimum Gasteiger partial charge on any atom is -0.744 e. The first-order valence-corrected chi connectivity index (χ1v) is 22.3. The van der Waals surface area contributed by atoms with Gasteiger partial charge in [-0.1, -0.05) is 85.9 Å². The van der Waals surface area contributed by atoms with Crippen molar-refractivity contribution >= 4 is 59.5 Å². The molecule has 6 rings (SSSR count). The molecule has 2 aliphatic carbocycles. The van der Waals surface area contributed by atoms with E-state index in [0.29, 0.717) is 11.1 Å². The number of nitrogens with zero attached hydrogens (tertiary/aromatic N) is 3. The van der Waals surface area contributed by atoms with E-state index in [0.717, 1.165) is 50.7 Å². The quantitative estimate of drug-likeness (QED) is 0.0952. The summed E-state index contributed by atoms with van der Waals surface area (Å²) in [7, 11) is 6.88. The lowest BCUT2D eigenvalue weighted by Crippen LogP contribution is -2.45. The minimum absolute atomic E-state index is 0.0639. The Hall–Kier alpha value is -4.96. The Labute approximate surface area is 316 Å². The number of benzene rings is 3. The van der Waals surface area contributed by atoms with E-state index >= 15 is 0 Å². The molecular formula is C44H49N3O4SSi. The summed E-state index contributed by atoms with van der Waals surface area (Å²) < 4.78 is 46.9. The summed E-state index contributed by atoms with van der Waals surface area (Å²) in [6.45, 7) is 4.79. The zero-order valence-corrected chi connectivity index (χ0v) is 33.9. The molecule has 1 aliphatic heterocycles. The fourth-order valence-electron chi connectivity index (χ4n) is 7.44. The number of likely N-dealkylation sites (N-methyl/N-ethyl adjacent to an activating group) is 1. The maximum Gasteiger partial charge on any atom is 0.199 e. The van der Waals surface area contributed by atoms with Gasteiger partial charge in [0.05, 0.1) is 20.1 Å². The largest absolute Gasteiger partial charge is 0.744 e. The summed E-state index contributed by atoms with van der Waals surface area (Å²) in [6, 6.07) is 19.5. The Balaban J connectivity index is 1.34. The number of fused-ring (bicyclic) bond motifs is 2. The highest BCUT2D eigenvalue weighted by Crippen LogP contribution is 2.55. The highest BCUT2D eigenvalue weighted by molar-refractivity contribution is 7.85. The summed E-state index contributed by atoms with van der Waals surface area (Å²) in [5, 5.41) is 1.27. The van der Waals surface area contributed by atoms with Crippen LogP contribution in [0.15, 0.2) is 118 Å². The molecule has 274 valence electrons. The van der Waals surface area contributed by atoms with E-state index in [-0.39, 0.29) is 16.4 Å². The lowest BCUT2D eigenvalue weighted by atomic mass is 9.81. The van der Waals surface area contributed by atoms with Crippen molar-refractivity contribution in [1.82, 2.24) is 4.90 Å². The molecule has 3 aromatic rings. The molecule has 0 N–H and O–H groups in total. The molecule has 53 heavy (non-hydrogen) atoms. The van der Waals surface area contributed by atoms with Crippen molar-refractivity contribution < 1.29 is 22.3 Å². The first-order chi connectivity index (χ1) is 25.1. The van der Waals surface area contributed by atoms with Gasteiger partial charge in [0.1, 0.15) is 30.0 Å². The average molecular weight is 744 g/mol. The second-order valence-electron chi connectivity index (χ2n) is 15.0. The average Bonchev–Trinajstić information content (AvgIpc) is 3.13. The number of hydrogen-bond acceptors (Lipinski definition) is 6. The van der Waals surface area contributed by atoms with Crippen LogP contribution < -0.4 is 9.64 Å². The van der Waals surface area contributed by atoms with Crippen molar-refractivity contribution in [3.8, 4) is 5.75 Å². The maximum atomic E-state index is 13.1. The second kappa shape index (κ2) is 14.8. The molecule has 0 aromatic heterocycles. The van der Waals surface area contributed by atoms with Crippen molar-refractivity contribution in [2.75, 3.05) is 54.3 Å². The van der Waals surface area contributed by atoms with Gasteiger partial charge < -0.3 is 19.1 Å². The van der Waals surface area contributed by atoms with Crippen LogP contribution in [-0.2, 0) is 10.1 Å². The van der Waals surface area contributed by atoms with Gasteiger partial charge in [-0.05, 0) is 74.5 Å². The molecule has 0 spiro atoms. The Kier molecular flexibility index (Phi) is 10.6. The Morgan fingerprint density at radius 1 is 0.811 bits per heavy atom. The van der Waals surface area contributed by atoms with E-state index in [2.05, 4.69) is 65.1 Å². The second-order valence-corrected chi connectivity index (χ2v) is 21.0.